The van der Waals surface area contributed by atoms with E-state index in [-0.39, 0.29) is 29.5 Å². The summed E-state index contributed by atoms with van der Waals surface area (Å²) in [7, 11) is 1.81. The van der Waals surface area contributed by atoms with Gasteiger partial charge in [0.1, 0.15) is 5.82 Å². The first-order valence-electron chi connectivity index (χ1n) is 7.98. The van der Waals surface area contributed by atoms with Gasteiger partial charge in [-0.25, -0.2) is 4.39 Å². The third-order valence-corrected chi connectivity index (χ3v) is 4.93. The van der Waals surface area contributed by atoms with Crippen molar-refractivity contribution < 1.29 is 14.0 Å². The number of likely N-dealkylation sites (tertiary alicyclic amines) is 1. The van der Waals surface area contributed by atoms with E-state index in [1.165, 1.54) is 12.1 Å². The average molecular weight is 316 g/mol. The fraction of sp³-hybridized carbons (Fsp3) is 0.444. The molecule has 3 rings (SSSR count). The number of hydrogen-bond acceptors (Lipinski definition) is 2. The Morgan fingerprint density at radius 1 is 1.39 bits per heavy atom. The van der Waals surface area contributed by atoms with E-state index in [4.69, 9.17) is 0 Å². The topological polar surface area (TPSA) is 49.4 Å². The molecule has 1 unspecified atom stereocenters. The highest BCUT2D eigenvalue weighted by Gasteiger charge is 2.44. The normalized spacial score (nSPS) is 23.5. The highest BCUT2D eigenvalue weighted by Crippen LogP contribution is 2.46. The lowest BCUT2D eigenvalue weighted by Gasteiger charge is -2.41. The molecule has 1 saturated heterocycles. The molecule has 1 atom stereocenters. The number of fused-ring (bicyclic) bond motifs is 1. The number of rotatable bonds is 4. The molecule has 1 aliphatic carbocycles. The van der Waals surface area contributed by atoms with Gasteiger partial charge in [0.05, 0.1) is 6.42 Å². The number of nitrogens with zero attached hydrogens (tertiary/aromatic N) is 1. The first kappa shape index (κ1) is 15.7. The SMILES string of the molecule is CN1C(=O)CCC2(CNC(=O)Cc3cccc(F)c3)CCC=C12. The average Bonchev–Trinajstić information content (AvgIpc) is 2.94. The Morgan fingerprint density at radius 3 is 3.00 bits per heavy atom. The van der Waals surface area contributed by atoms with Crippen LogP contribution in [0.1, 0.15) is 31.2 Å². The molecule has 23 heavy (non-hydrogen) atoms. The maximum atomic E-state index is 13.2. The first-order chi connectivity index (χ1) is 11.0. The summed E-state index contributed by atoms with van der Waals surface area (Å²) in [5.41, 5.74) is 1.58. The maximum Gasteiger partial charge on any atom is 0.226 e. The van der Waals surface area contributed by atoms with Crippen molar-refractivity contribution in [2.75, 3.05) is 13.6 Å². The quantitative estimate of drug-likeness (QED) is 0.927. The molecule has 122 valence electrons. The Hall–Kier alpha value is -2.17. The molecule has 0 saturated carbocycles. The van der Waals surface area contributed by atoms with Crippen LogP contribution in [0.2, 0.25) is 0 Å². The molecule has 0 spiro atoms. The molecular formula is C18H21FN2O2. The van der Waals surface area contributed by atoms with Gasteiger partial charge in [-0.15, -0.1) is 0 Å². The number of piperidine rings is 1. The second-order valence-electron chi connectivity index (χ2n) is 6.44. The van der Waals surface area contributed by atoms with E-state index in [9.17, 15) is 14.0 Å². The van der Waals surface area contributed by atoms with Crippen LogP contribution in [0.25, 0.3) is 0 Å². The van der Waals surface area contributed by atoms with E-state index in [0.717, 1.165) is 25.0 Å². The van der Waals surface area contributed by atoms with Gasteiger partial charge in [-0.05, 0) is 37.0 Å². The van der Waals surface area contributed by atoms with Gasteiger partial charge < -0.3 is 10.2 Å². The standard InChI is InChI=1S/C18H21FN2O2/c1-21-15-6-3-8-18(15,9-7-17(21)23)12-20-16(22)11-13-4-2-5-14(19)10-13/h2,4-6,10H,3,7-9,11-12H2,1H3,(H,20,22). The largest absolute Gasteiger partial charge is 0.355 e. The van der Waals surface area contributed by atoms with Gasteiger partial charge in [-0.3, -0.25) is 9.59 Å². The van der Waals surface area contributed by atoms with E-state index in [0.29, 0.717) is 18.5 Å². The van der Waals surface area contributed by atoms with Crippen LogP contribution in [0, 0.1) is 11.2 Å². The molecule has 2 amide bonds. The number of carbonyl (C=O) groups is 2. The Balaban J connectivity index is 1.62. The third kappa shape index (κ3) is 3.14. The Kier molecular flexibility index (Phi) is 4.20. The number of carbonyl (C=O) groups excluding carboxylic acids is 2. The van der Waals surface area contributed by atoms with Gasteiger partial charge in [0, 0.05) is 31.1 Å². The van der Waals surface area contributed by atoms with Gasteiger partial charge in [-0.2, -0.15) is 0 Å². The Labute approximate surface area is 135 Å². The third-order valence-electron chi connectivity index (χ3n) is 4.93. The molecule has 1 N–H and O–H groups in total. The van der Waals surface area contributed by atoms with Crippen molar-refractivity contribution in [2.45, 2.75) is 32.1 Å². The number of amides is 2. The zero-order valence-electron chi connectivity index (χ0n) is 13.3. The van der Waals surface area contributed by atoms with Gasteiger partial charge in [0.15, 0.2) is 0 Å². The zero-order chi connectivity index (χ0) is 16.4. The van der Waals surface area contributed by atoms with Crippen molar-refractivity contribution in [3.05, 3.63) is 47.4 Å². The lowest BCUT2D eigenvalue weighted by atomic mass is 9.77. The van der Waals surface area contributed by atoms with Crippen molar-refractivity contribution >= 4 is 11.8 Å². The van der Waals surface area contributed by atoms with Crippen LogP contribution >= 0.6 is 0 Å². The predicted molar refractivity (Wildman–Crippen MR) is 84.9 cm³/mol. The molecule has 1 fully saturated rings. The Bertz CT molecular complexity index is 671. The van der Waals surface area contributed by atoms with Crippen LogP contribution in [0.5, 0.6) is 0 Å². The highest BCUT2D eigenvalue weighted by molar-refractivity contribution is 5.80. The maximum absolute atomic E-state index is 13.2. The van der Waals surface area contributed by atoms with Crippen LogP contribution in [0.15, 0.2) is 36.0 Å². The lowest BCUT2D eigenvalue weighted by molar-refractivity contribution is -0.132. The van der Waals surface area contributed by atoms with Crippen molar-refractivity contribution in [1.29, 1.82) is 0 Å². The minimum atomic E-state index is -0.331. The van der Waals surface area contributed by atoms with Crippen LogP contribution in [0.4, 0.5) is 4.39 Å². The van der Waals surface area contributed by atoms with Crippen LogP contribution in [-0.2, 0) is 16.0 Å². The van der Waals surface area contributed by atoms with E-state index >= 15 is 0 Å². The molecule has 0 radical (unpaired) electrons. The van der Waals surface area contributed by atoms with Crippen LogP contribution in [0.3, 0.4) is 0 Å². The van der Waals surface area contributed by atoms with Crippen molar-refractivity contribution in [2.24, 2.45) is 5.41 Å². The molecule has 0 aromatic heterocycles. The molecule has 1 aromatic rings. The zero-order valence-corrected chi connectivity index (χ0v) is 13.3. The summed E-state index contributed by atoms with van der Waals surface area (Å²) in [4.78, 5) is 25.7. The number of hydrogen-bond donors (Lipinski definition) is 1. The molecule has 2 aliphatic rings. The number of benzene rings is 1. The second kappa shape index (κ2) is 6.14. The van der Waals surface area contributed by atoms with Gasteiger partial charge in [0.2, 0.25) is 11.8 Å². The summed E-state index contributed by atoms with van der Waals surface area (Å²) < 4.78 is 13.2. The monoisotopic (exact) mass is 316 g/mol. The van der Waals surface area contributed by atoms with E-state index in [1.54, 1.807) is 17.0 Å². The summed E-state index contributed by atoms with van der Waals surface area (Å²) in [6.07, 6.45) is 5.47. The molecule has 4 nitrogen and oxygen atoms in total. The van der Waals surface area contributed by atoms with Crippen LogP contribution < -0.4 is 5.32 Å². The highest BCUT2D eigenvalue weighted by atomic mass is 19.1. The number of halogens is 1. The summed E-state index contributed by atoms with van der Waals surface area (Å²) in [5, 5.41) is 2.98. The summed E-state index contributed by atoms with van der Waals surface area (Å²) in [5.74, 6) is -0.307. The summed E-state index contributed by atoms with van der Waals surface area (Å²) >= 11 is 0. The van der Waals surface area contributed by atoms with E-state index < -0.39 is 0 Å². The minimum absolute atomic E-state index is 0.115. The minimum Gasteiger partial charge on any atom is -0.355 e. The second-order valence-corrected chi connectivity index (χ2v) is 6.44. The van der Waals surface area contributed by atoms with E-state index in [1.807, 2.05) is 7.05 Å². The molecule has 1 aromatic carbocycles. The van der Waals surface area contributed by atoms with Gasteiger partial charge in [-0.1, -0.05) is 18.2 Å². The lowest BCUT2D eigenvalue weighted by Crippen LogP contribution is -2.46. The number of allylic oxidation sites excluding steroid dienone is 1. The van der Waals surface area contributed by atoms with Crippen LogP contribution in [-0.4, -0.2) is 30.3 Å². The molecule has 1 heterocycles. The van der Waals surface area contributed by atoms with E-state index in [2.05, 4.69) is 11.4 Å². The Morgan fingerprint density at radius 2 is 2.22 bits per heavy atom. The molecule has 0 bridgehead atoms. The molecule has 1 aliphatic heterocycles. The fourth-order valence-electron chi connectivity index (χ4n) is 3.65. The van der Waals surface area contributed by atoms with Crippen molar-refractivity contribution in [3.63, 3.8) is 0 Å². The van der Waals surface area contributed by atoms with Crippen molar-refractivity contribution in [1.82, 2.24) is 10.2 Å². The summed E-state index contributed by atoms with van der Waals surface area (Å²) in [6, 6.07) is 6.10. The van der Waals surface area contributed by atoms with Gasteiger partial charge in [0.25, 0.3) is 0 Å². The fourth-order valence-corrected chi connectivity index (χ4v) is 3.65. The molecule has 5 heteroatoms. The predicted octanol–water partition coefficient (Wildman–Crippen LogP) is 2.40. The summed E-state index contributed by atoms with van der Waals surface area (Å²) in [6.45, 7) is 0.532. The smallest absolute Gasteiger partial charge is 0.226 e. The molecular weight excluding hydrogens is 295 g/mol. The number of nitrogens with one attached hydrogen (secondary N) is 1. The first-order valence-corrected chi connectivity index (χ1v) is 7.98. The van der Waals surface area contributed by atoms with Crippen molar-refractivity contribution in [3.8, 4) is 0 Å². The van der Waals surface area contributed by atoms with Gasteiger partial charge >= 0.3 is 0 Å².